The summed E-state index contributed by atoms with van der Waals surface area (Å²) in [6.07, 6.45) is 4.52. The molecule has 0 aromatic rings. The van der Waals surface area contributed by atoms with Crippen LogP contribution in [0.4, 0.5) is 4.79 Å². The van der Waals surface area contributed by atoms with Crippen LogP contribution in [0.3, 0.4) is 0 Å². The molecule has 0 spiro atoms. The van der Waals surface area contributed by atoms with Crippen molar-refractivity contribution in [2.45, 2.75) is 71.4 Å². The molecular formula is C15H28N2O3. The second-order valence-corrected chi connectivity index (χ2v) is 6.30. The number of hydrogen-bond donors (Lipinski definition) is 1. The van der Waals surface area contributed by atoms with Crippen LogP contribution in [0.25, 0.3) is 0 Å². The molecule has 1 rings (SSSR count). The summed E-state index contributed by atoms with van der Waals surface area (Å²) in [5.74, 6) is 0.121. The zero-order chi connectivity index (χ0) is 15.2. The lowest BCUT2D eigenvalue weighted by Crippen LogP contribution is -2.41. The Kier molecular flexibility index (Phi) is 6.30. The van der Waals surface area contributed by atoms with Crippen LogP contribution >= 0.6 is 0 Å². The minimum absolute atomic E-state index is 0.121. The third kappa shape index (κ3) is 5.80. The van der Waals surface area contributed by atoms with Gasteiger partial charge in [0.25, 0.3) is 0 Å². The Balaban J connectivity index is 2.29. The molecule has 5 heteroatoms. The molecule has 0 atom stereocenters. The van der Waals surface area contributed by atoms with Gasteiger partial charge in [0, 0.05) is 25.6 Å². The van der Waals surface area contributed by atoms with Crippen LogP contribution in [-0.2, 0) is 9.53 Å². The van der Waals surface area contributed by atoms with Crippen molar-refractivity contribution in [1.82, 2.24) is 10.2 Å². The van der Waals surface area contributed by atoms with Gasteiger partial charge in [-0.1, -0.05) is 12.8 Å². The van der Waals surface area contributed by atoms with Crippen molar-refractivity contribution in [3.63, 3.8) is 0 Å². The summed E-state index contributed by atoms with van der Waals surface area (Å²) in [5, 5.41) is 2.63. The van der Waals surface area contributed by atoms with Crippen LogP contribution in [0.1, 0.15) is 59.8 Å². The topological polar surface area (TPSA) is 58.6 Å². The van der Waals surface area contributed by atoms with Gasteiger partial charge in [-0.2, -0.15) is 0 Å². The van der Waals surface area contributed by atoms with Crippen LogP contribution in [0, 0.1) is 0 Å². The lowest BCUT2D eigenvalue weighted by Gasteiger charge is -2.28. The summed E-state index contributed by atoms with van der Waals surface area (Å²) in [7, 11) is 0. The number of carbonyl (C=O) groups excluding carboxylic acids is 2. The minimum Gasteiger partial charge on any atom is -0.444 e. The summed E-state index contributed by atoms with van der Waals surface area (Å²) < 4.78 is 5.13. The van der Waals surface area contributed by atoms with Gasteiger partial charge in [0.15, 0.2) is 0 Å². The molecule has 0 aromatic heterocycles. The van der Waals surface area contributed by atoms with E-state index in [1.54, 1.807) is 0 Å². The molecular weight excluding hydrogens is 256 g/mol. The van der Waals surface area contributed by atoms with E-state index in [0.29, 0.717) is 19.0 Å². The molecule has 0 unspecified atom stereocenters. The molecule has 5 nitrogen and oxygen atoms in total. The molecule has 1 fully saturated rings. The SMILES string of the molecule is CCN(C(=O)CCNC(=O)OC(C)(C)C)C1CCCC1. The Bertz CT molecular complexity index is 331. The highest BCUT2D eigenvalue weighted by atomic mass is 16.6. The van der Waals surface area contributed by atoms with E-state index in [-0.39, 0.29) is 5.91 Å². The third-order valence-corrected chi connectivity index (χ3v) is 3.43. The van der Waals surface area contributed by atoms with Gasteiger partial charge in [-0.15, -0.1) is 0 Å². The van der Waals surface area contributed by atoms with Gasteiger partial charge in [0.05, 0.1) is 0 Å². The Morgan fingerprint density at radius 3 is 2.35 bits per heavy atom. The van der Waals surface area contributed by atoms with Crippen LogP contribution in [0.15, 0.2) is 0 Å². The van der Waals surface area contributed by atoms with E-state index < -0.39 is 11.7 Å². The molecule has 2 amide bonds. The maximum absolute atomic E-state index is 12.2. The van der Waals surface area contributed by atoms with Crippen molar-refractivity contribution < 1.29 is 14.3 Å². The summed E-state index contributed by atoms with van der Waals surface area (Å²) in [6, 6.07) is 0.397. The molecule has 0 heterocycles. The summed E-state index contributed by atoms with van der Waals surface area (Å²) in [6.45, 7) is 8.54. The number of alkyl carbamates (subject to hydrolysis) is 1. The number of ether oxygens (including phenoxy) is 1. The van der Waals surface area contributed by atoms with E-state index in [1.807, 2.05) is 32.6 Å². The van der Waals surface area contributed by atoms with E-state index in [1.165, 1.54) is 12.8 Å². The Labute approximate surface area is 122 Å². The van der Waals surface area contributed by atoms with Crippen LogP contribution in [0.2, 0.25) is 0 Å². The molecule has 1 aliphatic carbocycles. The number of rotatable bonds is 5. The molecule has 1 aliphatic rings. The first-order chi connectivity index (χ1) is 9.33. The van der Waals surface area contributed by atoms with E-state index in [4.69, 9.17) is 4.74 Å². The van der Waals surface area contributed by atoms with E-state index >= 15 is 0 Å². The second kappa shape index (κ2) is 7.50. The quantitative estimate of drug-likeness (QED) is 0.844. The zero-order valence-electron chi connectivity index (χ0n) is 13.2. The van der Waals surface area contributed by atoms with Gasteiger partial charge >= 0.3 is 6.09 Å². The molecule has 1 saturated carbocycles. The highest BCUT2D eigenvalue weighted by Gasteiger charge is 2.25. The average Bonchev–Trinajstić information content (AvgIpc) is 2.81. The molecule has 0 aromatic carbocycles. The van der Waals surface area contributed by atoms with Crippen LogP contribution in [-0.4, -0.2) is 41.6 Å². The van der Waals surface area contributed by atoms with Crippen molar-refractivity contribution >= 4 is 12.0 Å². The number of carbonyl (C=O) groups is 2. The van der Waals surface area contributed by atoms with E-state index in [9.17, 15) is 9.59 Å². The number of nitrogens with one attached hydrogen (secondary N) is 1. The van der Waals surface area contributed by atoms with E-state index in [2.05, 4.69) is 5.32 Å². The Morgan fingerprint density at radius 2 is 1.85 bits per heavy atom. The monoisotopic (exact) mass is 284 g/mol. The van der Waals surface area contributed by atoms with Crippen molar-refractivity contribution in [3.8, 4) is 0 Å². The minimum atomic E-state index is -0.507. The van der Waals surface area contributed by atoms with E-state index in [0.717, 1.165) is 19.4 Å². The molecule has 0 radical (unpaired) electrons. The number of amides is 2. The summed E-state index contributed by atoms with van der Waals surface area (Å²) in [4.78, 5) is 25.6. The van der Waals surface area contributed by atoms with Crippen LogP contribution in [0.5, 0.6) is 0 Å². The van der Waals surface area contributed by atoms with Crippen molar-refractivity contribution in [1.29, 1.82) is 0 Å². The highest BCUT2D eigenvalue weighted by Crippen LogP contribution is 2.23. The number of nitrogens with zero attached hydrogens (tertiary/aromatic N) is 1. The first-order valence-electron chi connectivity index (χ1n) is 7.60. The first-order valence-corrected chi connectivity index (χ1v) is 7.60. The second-order valence-electron chi connectivity index (χ2n) is 6.30. The fraction of sp³-hybridized carbons (Fsp3) is 0.867. The van der Waals surface area contributed by atoms with Crippen molar-refractivity contribution in [2.24, 2.45) is 0 Å². The molecule has 1 N–H and O–H groups in total. The largest absolute Gasteiger partial charge is 0.444 e. The third-order valence-electron chi connectivity index (χ3n) is 3.43. The fourth-order valence-corrected chi connectivity index (χ4v) is 2.58. The maximum Gasteiger partial charge on any atom is 0.407 e. The van der Waals surface area contributed by atoms with Gasteiger partial charge in [0.2, 0.25) is 5.91 Å². The predicted octanol–water partition coefficient (Wildman–Crippen LogP) is 2.69. The maximum atomic E-state index is 12.2. The van der Waals surface area contributed by atoms with Gasteiger partial charge in [0.1, 0.15) is 5.60 Å². The highest BCUT2D eigenvalue weighted by molar-refractivity contribution is 5.77. The molecule has 116 valence electrons. The molecule has 0 bridgehead atoms. The van der Waals surface area contributed by atoms with Gasteiger partial charge in [-0.3, -0.25) is 4.79 Å². The van der Waals surface area contributed by atoms with Crippen molar-refractivity contribution in [2.75, 3.05) is 13.1 Å². The Morgan fingerprint density at radius 1 is 1.25 bits per heavy atom. The lowest BCUT2D eigenvalue weighted by atomic mass is 10.2. The van der Waals surface area contributed by atoms with Crippen LogP contribution < -0.4 is 5.32 Å². The van der Waals surface area contributed by atoms with Gasteiger partial charge < -0.3 is 15.0 Å². The van der Waals surface area contributed by atoms with Crippen molar-refractivity contribution in [3.05, 3.63) is 0 Å². The zero-order valence-corrected chi connectivity index (χ0v) is 13.2. The standard InChI is InChI=1S/C15H28N2O3/c1-5-17(12-8-6-7-9-12)13(18)10-11-16-14(19)20-15(2,3)4/h12H,5-11H2,1-4H3,(H,16,19). The normalized spacial score (nSPS) is 16.0. The van der Waals surface area contributed by atoms with Gasteiger partial charge in [-0.25, -0.2) is 4.79 Å². The van der Waals surface area contributed by atoms with Gasteiger partial charge in [-0.05, 0) is 40.5 Å². The summed E-state index contributed by atoms with van der Waals surface area (Å²) >= 11 is 0. The predicted molar refractivity (Wildman–Crippen MR) is 78.5 cm³/mol. The average molecular weight is 284 g/mol. The molecule has 0 saturated heterocycles. The molecule has 0 aliphatic heterocycles. The summed E-state index contributed by atoms with van der Waals surface area (Å²) in [5.41, 5.74) is -0.507. The fourth-order valence-electron chi connectivity index (χ4n) is 2.58. The molecule has 20 heavy (non-hydrogen) atoms. The number of hydrogen-bond acceptors (Lipinski definition) is 3. The lowest BCUT2D eigenvalue weighted by molar-refractivity contribution is -0.133. The smallest absolute Gasteiger partial charge is 0.407 e. The Hall–Kier alpha value is -1.26. The first kappa shape index (κ1) is 16.8.